The molecule has 0 saturated heterocycles. The van der Waals surface area contributed by atoms with Gasteiger partial charge in [0.15, 0.2) is 0 Å². The summed E-state index contributed by atoms with van der Waals surface area (Å²) in [5.41, 5.74) is 1.56. The molecule has 6 heteroatoms. The molecule has 0 atom stereocenters. The summed E-state index contributed by atoms with van der Waals surface area (Å²) >= 11 is 0. The summed E-state index contributed by atoms with van der Waals surface area (Å²) in [6.07, 6.45) is 4.90. The van der Waals surface area contributed by atoms with E-state index in [1.807, 2.05) is 12.1 Å². The normalized spacial score (nSPS) is 11.4. The first kappa shape index (κ1) is 12.6. The quantitative estimate of drug-likeness (QED) is 0.870. The van der Waals surface area contributed by atoms with Crippen LogP contribution in [0.5, 0.6) is 0 Å². The van der Waals surface area contributed by atoms with E-state index in [1.54, 1.807) is 12.1 Å². The molecule has 1 heterocycles. The Labute approximate surface area is 106 Å². The fourth-order valence-corrected chi connectivity index (χ4v) is 2.68. The van der Waals surface area contributed by atoms with Crippen molar-refractivity contribution in [2.75, 3.05) is 4.72 Å². The molecule has 0 spiro atoms. The lowest BCUT2D eigenvalue weighted by Crippen LogP contribution is -2.12. The minimum absolute atomic E-state index is 0.253. The lowest BCUT2D eigenvalue weighted by Gasteiger charge is -2.06. The number of anilines is 1. The molecule has 0 bridgehead atoms. The Kier molecular flexibility index (Phi) is 3.66. The van der Waals surface area contributed by atoms with Crippen LogP contribution in [0.15, 0.2) is 41.6 Å². The lowest BCUT2D eigenvalue weighted by molar-refractivity contribution is 0.601. The SMILES string of the molecule is CCCc1ccc(S(=O)(=O)Nc2cn[nH]c2)cc1. The highest BCUT2D eigenvalue weighted by Gasteiger charge is 2.14. The van der Waals surface area contributed by atoms with E-state index in [1.165, 1.54) is 12.4 Å². The van der Waals surface area contributed by atoms with Crippen LogP contribution in [0.1, 0.15) is 18.9 Å². The molecule has 96 valence electrons. The summed E-state index contributed by atoms with van der Waals surface area (Å²) in [6, 6.07) is 6.92. The minimum atomic E-state index is -3.52. The predicted octanol–water partition coefficient (Wildman–Crippen LogP) is 2.16. The van der Waals surface area contributed by atoms with Gasteiger partial charge in [0.2, 0.25) is 0 Å². The minimum Gasteiger partial charge on any atom is -0.284 e. The van der Waals surface area contributed by atoms with Crippen molar-refractivity contribution in [2.24, 2.45) is 0 Å². The molecule has 0 radical (unpaired) electrons. The van der Waals surface area contributed by atoms with Gasteiger partial charge in [-0.15, -0.1) is 0 Å². The molecule has 2 N–H and O–H groups in total. The highest BCUT2D eigenvalue weighted by Crippen LogP contribution is 2.15. The fourth-order valence-electron chi connectivity index (χ4n) is 1.64. The zero-order valence-electron chi connectivity index (χ0n) is 10.1. The third-order valence-corrected chi connectivity index (χ3v) is 3.92. The van der Waals surface area contributed by atoms with Gasteiger partial charge in [-0.3, -0.25) is 9.82 Å². The van der Waals surface area contributed by atoms with Crippen molar-refractivity contribution in [3.63, 3.8) is 0 Å². The average molecular weight is 265 g/mol. The smallest absolute Gasteiger partial charge is 0.261 e. The van der Waals surface area contributed by atoms with Crippen molar-refractivity contribution in [3.8, 4) is 0 Å². The molecule has 0 saturated carbocycles. The molecule has 0 unspecified atom stereocenters. The molecular formula is C12H15N3O2S. The number of aromatic amines is 1. The standard InChI is InChI=1S/C12H15N3O2S/c1-2-3-10-4-6-12(7-5-10)18(16,17)15-11-8-13-14-9-11/h4-9,15H,2-3H2,1H3,(H,13,14). The second kappa shape index (κ2) is 5.22. The number of aromatic nitrogens is 2. The van der Waals surface area contributed by atoms with Crippen LogP contribution < -0.4 is 4.72 Å². The van der Waals surface area contributed by atoms with Crippen LogP contribution in [-0.4, -0.2) is 18.6 Å². The van der Waals surface area contributed by atoms with E-state index in [-0.39, 0.29) is 4.90 Å². The first-order chi connectivity index (χ1) is 8.62. The molecule has 2 aromatic rings. The van der Waals surface area contributed by atoms with Crippen molar-refractivity contribution >= 4 is 15.7 Å². The van der Waals surface area contributed by atoms with Crippen molar-refractivity contribution in [2.45, 2.75) is 24.7 Å². The summed E-state index contributed by atoms with van der Waals surface area (Å²) in [5, 5.41) is 6.24. The summed E-state index contributed by atoms with van der Waals surface area (Å²) in [5.74, 6) is 0. The maximum Gasteiger partial charge on any atom is 0.261 e. The van der Waals surface area contributed by atoms with Crippen molar-refractivity contribution in [1.29, 1.82) is 0 Å². The zero-order chi connectivity index (χ0) is 13.0. The molecule has 2 rings (SSSR count). The van der Waals surface area contributed by atoms with E-state index in [0.29, 0.717) is 5.69 Å². The van der Waals surface area contributed by atoms with E-state index >= 15 is 0 Å². The van der Waals surface area contributed by atoms with Crippen LogP contribution in [0, 0.1) is 0 Å². The van der Waals surface area contributed by atoms with Gasteiger partial charge in [0.1, 0.15) is 0 Å². The first-order valence-electron chi connectivity index (χ1n) is 5.72. The molecule has 18 heavy (non-hydrogen) atoms. The van der Waals surface area contributed by atoms with Crippen molar-refractivity contribution in [1.82, 2.24) is 10.2 Å². The Morgan fingerprint density at radius 2 is 2.00 bits per heavy atom. The van der Waals surface area contributed by atoms with Gasteiger partial charge in [-0.25, -0.2) is 8.42 Å². The van der Waals surface area contributed by atoms with E-state index in [0.717, 1.165) is 18.4 Å². The fraction of sp³-hybridized carbons (Fsp3) is 0.250. The van der Waals surface area contributed by atoms with Gasteiger partial charge in [0.05, 0.1) is 16.8 Å². The monoisotopic (exact) mass is 265 g/mol. The number of hydrogen-bond acceptors (Lipinski definition) is 3. The molecule has 1 aromatic carbocycles. The van der Waals surface area contributed by atoms with Crippen LogP contribution in [-0.2, 0) is 16.4 Å². The van der Waals surface area contributed by atoms with Crippen molar-refractivity contribution in [3.05, 3.63) is 42.2 Å². The number of H-pyrrole nitrogens is 1. The van der Waals surface area contributed by atoms with Gasteiger partial charge < -0.3 is 0 Å². The number of aryl methyl sites for hydroxylation is 1. The van der Waals surface area contributed by atoms with Crippen LogP contribution in [0.4, 0.5) is 5.69 Å². The Morgan fingerprint density at radius 3 is 2.56 bits per heavy atom. The third kappa shape index (κ3) is 2.89. The van der Waals surface area contributed by atoms with Crippen LogP contribution in [0.3, 0.4) is 0 Å². The van der Waals surface area contributed by atoms with Gasteiger partial charge in [-0.05, 0) is 24.1 Å². The first-order valence-corrected chi connectivity index (χ1v) is 7.20. The zero-order valence-corrected chi connectivity index (χ0v) is 10.9. The Morgan fingerprint density at radius 1 is 1.28 bits per heavy atom. The van der Waals surface area contributed by atoms with Gasteiger partial charge in [0.25, 0.3) is 10.0 Å². The molecule has 0 aliphatic rings. The molecule has 1 aromatic heterocycles. The molecule has 0 aliphatic heterocycles. The van der Waals surface area contributed by atoms with Gasteiger partial charge >= 0.3 is 0 Å². The van der Waals surface area contributed by atoms with E-state index in [4.69, 9.17) is 0 Å². The third-order valence-electron chi connectivity index (χ3n) is 2.52. The molecule has 0 amide bonds. The largest absolute Gasteiger partial charge is 0.284 e. The average Bonchev–Trinajstić information content (AvgIpc) is 2.82. The maximum absolute atomic E-state index is 12.0. The Hall–Kier alpha value is -1.82. The number of nitrogens with zero attached hydrogens (tertiary/aromatic N) is 1. The highest BCUT2D eigenvalue weighted by molar-refractivity contribution is 7.92. The summed E-state index contributed by atoms with van der Waals surface area (Å²) in [4.78, 5) is 0.253. The van der Waals surface area contributed by atoms with Gasteiger partial charge in [0, 0.05) is 6.20 Å². The van der Waals surface area contributed by atoms with E-state index < -0.39 is 10.0 Å². The van der Waals surface area contributed by atoms with Gasteiger partial charge in [-0.1, -0.05) is 25.5 Å². The summed E-state index contributed by atoms with van der Waals surface area (Å²) in [6.45, 7) is 2.09. The number of benzene rings is 1. The van der Waals surface area contributed by atoms with Gasteiger partial charge in [-0.2, -0.15) is 5.10 Å². The van der Waals surface area contributed by atoms with Crippen LogP contribution in [0.2, 0.25) is 0 Å². The molecule has 0 fully saturated rings. The molecular weight excluding hydrogens is 250 g/mol. The van der Waals surface area contributed by atoms with Crippen LogP contribution >= 0.6 is 0 Å². The molecule has 0 aliphatic carbocycles. The van der Waals surface area contributed by atoms with Crippen molar-refractivity contribution < 1.29 is 8.42 Å². The number of sulfonamides is 1. The van der Waals surface area contributed by atoms with E-state index in [9.17, 15) is 8.42 Å². The number of nitrogens with one attached hydrogen (secondary N) is 2. The number of rotatable bonds is 5. The summed E-state index contributed by atoms with van der Waals surface area (Å²) < 4.78 is 26.5. The summed E-state index contributed by atoms with van der Waals surface area (Å²) in [7, 11) is -3.52. The highest BCUT2D eigenvalue weighted by atomic mass is 32.2. The Bertz CT molecular complexity index is 589. The number of hydrogen-bond donors (Lipinski definition) is 2. The predicted molar refractivity (Wildman–Crippen MR) is 69.8 cm³/mol. The maximum atomic E-state index is 12.0. The second-order valence-electron chi connectivity index (χ2n) is 3.99. The lowest BCUT2D eigenvalue weighted by atomic mass is 10.1. The second-order valence-corrected chi connectivity index (χ2v) is 5.67. The Balaban J connectivity index is 2.19. The topological polar surface area (TPSA) is 74.8 Å². The molecule has 5 nitrogen and oxygen atoms in total. The van der Waals surface area contributed by atoms with Crippen LogP contribution in [0.25, 0.3) is 0 Å². The van der Waals surface area contributed by atoms with E-state index in [2.05, 4.69) is 21.8 Å².